The maximum Gasteiger partial charge on any atom is 0.275 e. The molecule has 0 bridgehead atoms. The average molecular weight is 425 g/mol. The van der Waals surface area contributed by atoms with Gasteiger partial charge in [-0.3, -0.25) is 9.79 Å². The molecule has 2 aromatic heterocycles. The maximum absolute atomic E-state index is 14.5. The summed E-state index contributed by atoms with van der Waals surface area (Å²) in [5, 5.41) is 7.33. The zero-order valence-corrected chi connectivity index (χ0v) is 17.3. The second-order valence-electron chi connectivity index (χ2n) is 7.19. The molecule has 30 heavy (non-hydrogen) atoms. The predicted molar refractivity (Wildman–Crippen MR) is 114 cm³/mol. The molecule has 3 aromatic rings. The number of thioether (sulfide) groups is 1. The van der Waals surface area contributed by atoms with Gasteiger partial charge in [-0.2, -0.15) is 5.10 Å². The van der Waals surface area contributed by atoms with Crippen LogP contribution in [0.2, 0.25) is 0 Å². The Kier molecular flexibility index (Phi) is 5.25. The highest BCUT2D eigenvalue weighted by Crippen LogP contribution is 2.37. The molecule has 0 unspecified atom stereocenters. The van der Waals surface area contributed by atoms with Crippen molar-refractivity contribution in [2.45, 2.75) is 25.8 Å². The number of amides is 1. The van der Waals surface area contributed by atoms with Crippen molar-refractivity contribution >= 4 is 28.5 Å². The number of aromatic nitrogens is 4. The quantitative estimate of drug-likeness (QED) is 0.665. The van der Waals surface area contributed by atoms with Gasteiger partial charge in [-0.25, -0.2) is 19.0 Å². The lowest BCUT2D eigenvalue weighted by Gasteiger charge is -2.30. The molecular weight excluding hydrogens is 405 g/mol. The summed E-state index contributed by atoms with van der Waals surface area (Å²) in [5.41, 5.74) is 7.03. The molecule has 1 aliphatic heterocycles. The largest absolute Gasteiger partial charge is 0.379 e. The van der Waals surface area contributed by atoms with Crippen LogP contribution in [0.3, 0.4) is 0 Å². The van der Waals surface area contributed by atoms with Crippen LogP contribution in [0, 0.1) is 12.7 Å². The molecule has 10 heteroatoms. The molecule has 1 atom stereocenters. The number of hydrogen-bond donors (Lipinski definition) is 2. The van der Waals surface area contributed by atoms with E-state index in [9.17, 15) is 9.18 Å². The zero-order chi connectivity index (χ0) is 21.3. The number of nitrogens with one attached hydrogen (secondary N) is 1. The van der Waals surface area contributed by atoms with E-state index < -0.39 is 17.3 Å². The smallest absolute Gasteiger partial charge is 0.275 e. The van der Waals surface area contributed by atoms with Gasteiger partial charge in [0.15, 0.2) is 11.0 Å². The topological polar surface area (TPSA) is 111 Å². The van der Waals surface area contributed by atoms with Gasteiger partial charge in [0.25, 0.3) is 5.91 Å². The lowest BCUT2D eigenvalue weighted by atomic mass is 9.89. The van der Waals surface area contributed by atoms with Crippen molar-refractivity contribution in [2.24, 2.45) is 10.7 Å². The van der Waals surface area contributed by atoms with Crippen molar-refractivity contribution in [2.75, 3.05) is 11.1 Å². The molecule has 0 saturated heterocycles. The van der Waals surface area contributed by atoms with Crippen LogP contribution in [0.4, 0.5) is 10.1 Å². The Balaban J connectivity index is 1.54. The molecule has 0 fully saturated rings. The summed E-state index contributed by atoms with van der Waals surface area (Å²) in [7, 11) is 0. The molecule has 154 valence electrons. The van der Waals surface area contributed by atoms with Crippen molar-refractivity contribution in [1.29, 1.82) is 0 Å². The Hall–Kier alpha value is -3.27. The minimum atomic E-state index is -0.774. The van der Waals surface area contributed by atoms with E-state index in [1.807, 2.05) is 20.0 Å². The Bertz CT molecular complexity index is 1130. The van der Waals surface area contributed by atoms with Gasteiger partial charge in [-0.1, -0.05) is 11.8 Å². The van der Waals surface area contributed by atoms with Crippen molar-refractivity contribution in [3.8, 4) is 5.82 Å². The molecule has 3 heterocycles. The van der Waals surface area contributed by atoms with Crippen LogP contribution in [-0.2, 0) is 5.54 Å². The Morgan fingerprint density at radius 1 is 1.30 bits per heavy atom. The summed E-state index contributed by atoms with van der Waals surface area (Å²) in [5.74, 6) is 0.412. The van der Waals surface area contributed by atoms with Crippen LogP contribution >= 0.6 is 11.8 Å². The number of carbonyl (C=O) groups is 1. The standard InChI is InChI=1S/C20H20FN7OS/c1-12-8-25-28(11-12)17-10-23-16(9-24-17)18(29)26-13-3-4-15(21)14(7-13)20(2)5-6-30-19(22)27-20/h3-4,7-11H,5-6H2,1-2H3,(H2,22,27)(H,26,29)/t20-/m0/s1. The van der Waals surface area contributed by atoms with E-state index >= 15 is 0 Å². The van der Waals surface area contributed by atoms with Gasteiger partial charge < -0.3 is 11.1 Å². The van der Waals surface area contributed by atoms with Crippen molar-refractivity contribution in [1.82, 2.24) is 19.7 Å². The first kappa shape index (κ1) is 20.0. The lowest BCUT2D eigenvalue weighted by Crippen LogP contribution is -2.29. The van der Waals surface area contributed by atoms with Crippen LogP contribution in [0.1, 0.15) is 35.0 Å². The van der Waals surface area contributed by atoms with Gasteiger partial charge in [0.2, 0.25) is 0 Å². The summed E-state index contributed by atoms with van der Waals surface area (Å²) >= 11 is 1.45. The number of benzene rings is 1. The zero-order valence-electron chi connectivity index (χ0n) is 16.5. The fourth-order valence-corrected chi connectivity index (χ4v) is 4.16. The molecule has 1 aromatic carbocycles. The summed E-state index contributed by atoms with van der Waals surface area (Å²) in [6, 6.07) is 4.41. The molecule has 0 radical (unpaired) electrons. The Labute approximate surface area is 176 Å². The first-order valence-corrected chi connectivity index (χ1v) is 10.3. The van der Waals surface area contributed by atoms with Crippen molar-refractivity contribution in [3.05, 3.63) is 65.6 Å². The fourth-order valence-electron chi connectivity index (χ4n) is 3.19. The monoisotopic (exact) mass is 425 g/mol. The first-order valence-electron chi connectivity index (χ1n) is 9.27. The van der Waals surface area contributed by atoms with Crippen molar-refractivity contribution in [3.63, 3.8) is 0 Å². The Morgan fingerprint density at radius 3 is 2.80 bits per heavy atom. The van der Waals surface area contributed by atoms with Gasteiger partial charge in [0.05, 0.1) is 24.1 Å². The van der Waals surface area contributed by atoms with E-state index in [1.54, 1.807) is 16.9 Å². The van der Waals surface area contributed by atoms with Gasteiger partial charge in [-0.05, 0) is 44.0 Å². The molecule has 1 amide bonds. The maximum atomic E-state index is 14.5. The summed E-state index contributed by atoms with van der Waals surface area (Å²) in [6.45, 7) is 3.76. The van der Waals surface area contributed by atoms with Crippen LogP contribution in [0.5, 0.6) is 0 Å². The minimum absolute atomic E-state index is 0.135. The molecule has 8 nitrogen and oxygen atoms in total. The van der Waals surface area contributed by atoms with Crippen LogP contribution in [0.25, 0.3) is 5.82 Å². The summed E-state index contributed by atoms with van der Waals surface area (Å²) < 4.78 is 16.1. The van der Waals surface area contributed by atoms with Gasteiger partial charge in [-0.15, -0.1) is 0 Å². The number of aryl methyl sites for hydroxylation is 1. The molecule has 4 rings (SSSR count). The van der Waals surface area contributed by atoms with Crippen LogP contribution in [0.15, 0.2) is 48.0 Å². The third kappa shape index (κ3) is 4.04. The van der Waals surface area contributed by atoms with E-state index in [1.165, 1.54) is 36.3 Å². The van der Waals surface area contributed by atoms with Gasteiger partial charge in [0.1, 0.15) is 11.5 Å². The normalized spacial score (nSPS) is 18.7. The second kappa shape index (κ2) is 7.86. The third-order valence-corrected chi connectivity index (χ3v) is 5.61. The number of rotatable bonds is 4. The van der Waals surface area contributed by atoms with Gasteiger partial charge in [0, 0.05) is 23.2 Å². The van der Waals surface area contributed by atoms with Crippen LogP contribution < -0.4 is 11.1 Å². The highest BCUT2D eigenvalue weighted by Gasteiger charge is 2.32. The summed E-state index contributed by atoms with van der Waals surface area (Å²) in [6.07, 6.45) is 7.00. The first-order chi connectivity index (χ1) is 14.3. The number of hydrogen-bond acceptors (Lipinski definition) is 7. The molecule has 3 N–H and O–H groups in total. The minimum Gasteiger partial charge on any atom is -0.379 e. The number of aliphatic imine (C=N–C) groups is 1. The number of nitrogens with zero attached hydrogens (tertiary/aromatic N) is 5. The van der Waals surface area contributed by atoms with E-state index in [-0.39, 0.29) is 5.69 Å². The average Bonchev–Trinajstić information content (AvgIpc) is 3.15. The number of carbonyl (C=O) groups excluding carboxylic acids is 1. The van der Waals surface area contributed by atoms with Crippen molar-refractivity contribution < 1.29 is 9.18 Å². The second-order valence-corrected chi connectivity index (χ2v) is 8.31. The molecule has 0 saturated carbocycles. The van der Waals surface area contributed by atoms with E-state index in [4.69, 9.17) is 5.73 Å². The van der Waals surface area contributed by atoms with E-state index in [0.717, 1.165) is 11.3 Å². The highest BCUT2D eigenvalue weighted by atomic mass is 32.2. The fraction of sp³-hybridized carbons (Fsp3) is 0.250. The Morgan fingerprint density at radius 2 is 2.13 bits per heavy atom. The van der Waals surface area contributed by atoms with Gasteiger partial charge >= 0.3 is 0 Å². The highest BCUT2D eigenvalue weighted by molar-refractivity contribution is 8.13. The molecule has 1 aliphatic rings. The number of anilines is 1. The van der Waals surface area contributed by atoms with Crippen LogP contribution in [-0.4, -0.2) is 36.6 Å². The number of amidine groups is 1. The molecular formula is C20H20FN7OS. The molecule has 0 aliphatic carbocycles. The number of nitrogens with two attached hydrogens (primary N) is 1. The molecule has 0 spiro atoms. The SMILES string of the molecule is Cc1cnn(-c2cnc(C(=O)Nc3ccc(F)c([C@]4(C)CCSC(N)=N4)c3)cn2)c1. The third-order valence-electron chi connectivity index (χ3n) is 4.82. The lowest BCUT2D eigenvalue weighted by molar-refractivity contribution is 0.102. The summed E-state index contributed by atoms with van der Waals surface area (Å²) in [4.78, 5) is 25.4. The number of halogens is 1. The van der Waals surface area contributed by atoms with E-state index in [0.29, 0.717) is 28.7 Å². The predicted octanol–water partition coefficient (Wildman–Crippen LogP) is 3.03. The van der Waals surface area contributed by atoms with E-state index in [2.05, 4.69) is 25.4 Å².